The van der Waals surface area contributed by atoms with Gasteiger partial charge in [-0.2, -0.15) is 0 Å². The maximum Gasteiger partial charge on any atom is 0.125 e. The first-order chi connectivity index (χ1) is 9.02. The number of alkyl halides is 1. The fourth-order valence-corrected chi connectivity index (χ4v) is 2.47. The number of fused-ring (bicyclic) bond motifs is 1. The standard InChI is InChI=1S/C14H19ClFN3/c1-10(6-7-18(2)3)19-13-5-4-11(16)8-12(13)17-14(19)9-15/h4-5,8,10H,6-7,9H2,1-3H3. The van der Waals surface area contributed by atoms with Gasteiger partial charge in [0.2, 0.25) is 0 Å². The topological polar surface area (TPSA) is 21.1 Å². The van der Waals surface area contributed by atoms with Crippen molar-refractivity contribution in [2.45, 2.75) is 25.3 Å². The summed E-state index contributed by atoms with van der Waals surface area (Å²) in [4.78, 5) is 6.57. The van der Waals surface area contributed by atoms with Crippen molar-refractivity contribution in [3.63, 3.8) is 0 Å². The lowest BCUT2D eigenvalue weighted by Crippen LogP contribution is -2.18. The SMILES string of the molecule is CC(CCN(C)C)n1c(CCl)nc2cc(F)ccc21. The van der Waals surface area contributed by atoms with E-state index in [2.05, 4.69) is 35.5 Å². The minimum absolute atomic E-state index is 0.265. The summed E-state index contributed by atoms with van der Waals surface area (Å²) in [7, 11) is 4.10. The second-order valence-electron chi connectivity index (χ2n) is 5.11. The van der Waals surface area contributed by atoms with Crippen LogP contribution < -0.4 is 0 Å². The Hall–Kier alpha value is -1.13. The van der Waals surface area contributed by atoms with Crippen molar-refractivity contribution in [2.75, 3.05) is 20.6 Å². The van der Waals surface area contributed by atoms with E-state index in [0.29, 0.717) is 11.4 Å². The first-order valence-corrected chi connectivity index (χ1v) is 6.93. The molecule has 1 unspecified atom stereocenters. The summed E-state index contributed by atoms with van der Waals surface area (Å²) in [5, 5.41) is 0. The van der Waals surface area contributed by atoms with Gasteiger partial charge in [0, 0.05) is 12.1 Å². The van der Waals surface area contributed by atoms with Crippen LogP contribution in [0.3, 0.4) is 0 Å². The first-order valence-electron chi connectivity index (χ1n) is 6.40. The molecule has 0 aliphatic rings. The van der Waals surface area contributed by atoms with E-state index < -0.39 is 0 Å². The maximum absolute atomic E-state index is 13.2. The average molecular weight is 284 g/mol. The predicted molar refractivity (Wildman–Crippen MR) is 77.1 cm³/mol. The van der Waals surface area contributed by atoms with Crippen LogP contribution in [0.25, 0.3) is 11.0 Å². The molecule has 0 amide bonds. The number of rotatable bonds is 5. The van der Waals surface area contributed by atoms with E-state index in [1.54, 1.807) is 6.07 Å². The molecule has 1 atom stereocenters. The highest BCUT2D eigenvalue weighted by atomic mass is 35.5. The summed E-state index contributed by atoms with van der Waals surface area (Å²) in [6, 6.07) is 4.99. The van der Waals surface area contributed by atoms with Crippen LogP contribution in [-0.2, 0) is 5.88 Å². The van der Waals surface area contributed by atoms with Crippen molar-refractivity contribution in [3.8, 4) is 0 Å². The number of benzene rings is 1. The number of halogens is 2. The van der Waals surface area contributed by atoms with Crippen LogP contribution in [-0.4, -0.2) is 35.1 Å². The van der Waals surface area contributed by atoms with Gasteiger partial charge in [0.25, 0.3) is 0 Å². The van der Waals surface area contributed by atoms with E-state index in [-0.39, 0.29) is 11.9 Å². The van der Waals surface area contributed by atoms with Crippen molar-refractivity contribution < 1.29 is 4.39 Å². The Morgan fingerprint density at radius 1 is 1.42 bits per heavy atom. The van der Waals surface area contributed by atoms with Crippen LogP contribution in [0.4, 0.5) is 4.39 Å². The van der Waals surface area contributed by atoms with Gasteiger partial charge in [0.05, 0.1) is 16.9 Å². The van der Waals surface area contributed by atoms with Gasteiger partial charge in [-0.3, -0.25) is 0 Å². The second-order valence-corrected chi connectivity index (χ2v) is 5.37. The van der Waals surface area contributed by atoms with Crippen LogP contribution in [0.15, 0.2) is 18.2 Å². The summed E-state index contributed by atoms with van der Waals surface area (Å²) in [5.74, 6) is 0.871. The number of nitrogens with zero attached hydrogens (tertiary/aromatic N) is 3. The highest BCUT2D eigenvalue weighted by Gasteiger charge is 2.15. The van der Waals surface area contributed by atoms with Gasteiger partial charge >= 0.3 is 0 Å². The summed E-state index contributed by atoms with van der Waals surface area (Å²) in [5.41, 5.74) is 1.62. The highest BCUT2D eigenvalue weighted by Crippen LogP contribution is 2.24. The molecule has 2 aromatic rings. The smallest absolute Gasteiger partial charge is 0.125 e. The normalized spacial score (nSPS) is 13.4. The Labute approximate surface area is 118 Å². The average Bonchev–Trinajstić information content (AvgIpc) is 2.73. The minimum atomic E-state index is -0.265. The van der Waals surface area contributed by atoms with E-state index in [4.69, 9.17) is 11.6 Å². The fraction of sp³-hybridized carbons (Fsp3) is 0.500. The van der Waals surface area contributed by atoms with Gasteiger partial charge in [0.15, 0.2) is 0 Å². The molecule has 0 aliphatic heterocycles. The third kappa shape index (κ3) is 3.07. The molecule has 2 rings (SSSR count). The van der Waals surface area contributed by atoms with E-state index in [1.165, 1.54) is 12.1 Å². The zero-order chi connectivity index (χ0) is 14.0. The Morgan fingerprint density at radius 2 is 2.16 bits per heavy atom. The summed E-state index contributed by atoms with van der Waals surface area (Å²) < 4.78 is 15.4. The molecule has 0 saturated heterocycles. The van der Waals surface area contributed by atoms with E-state index >= 15 is 0 Å². The van der Waals surface area contributed by atoms with Crippen molar-refractivity contribution in [1.82, 2.24) is 14.5 Å². The molecule has 0 bridgehead atoms. The lowest BCUT2D eigenvalue weighted by atomic mass is 10.2. The maximum atomic E-state index is 13.2. The van der Waals surface area contributed by atoms with Gasteiger partial charge in [-0.05, 0) is 46.1 Å². The van der Waals surface area contributed by atoms with Gasteiger partial charge < -0.3 is 9.47 Å². The van der Waals surface area contributed by atoms with Crippen molar-refractivity contribution in [1.29, 1.82) is 0 Å². The van der Waals surface area contributed by atoms with Crippen LogP contribution in [0.5, 0.6) is 0 Å². The summed E-state index contributed by atoms with van der Waals surface area (Å²) in [6.07, 6.45) is 1.000. The molecule has 5 heteroatoms. The van der Waals surface area contributed by atoms with Crippen LogP contribution in [0, 0.1) is 5.82 Å². The number of aromatic nitrogens is 2. The predicted octanol–water partition coefficient (Wildman–Crippen LogP) is 3.43. The lowest BCUT2D eigenvalue weighted by molar-refractivity contribution is 0.358. The number of hydrogen-bond acceptors (Lipinski definition) is 2. The molecule has 1 aromatic carbocycles. The zero-order valence-corrected chi connectivity index (χ0v) is 12.3. The molecular formula is C14H19ClFN3. The summed E-state index contributed by atoms with van der Waals surface area (Å²) >= 11 is 5.96. The molecule has 0 N–H and O–H groups in total. The highest BCUT2D eigenvalue weighted by molar-refractivity contribution is 6.16. The number of imidazole rings is 1. The van der Waals surface area contributed by atoms with Crippen LogP contribution in [0.1, 0.15) is 25.2 Å². The molecular weight excluding hydrogens is 265 g/mol. The third-order valence-corrected chi connectivity index (χ3v) is 3.52. The Bertz CT molecular complexity index is 565. The van der Waals surface area contributed by atoms with Crippen LogP contribution >= 0.6 is 11.6 Å². The van der Waals surface area contributed by atoms with Gasteiger partial charge in [-0.25, -0.2) is 9.37 Å². The van der Waals surface area contributed by atoms with Gasteiger partial charge in [-0.1, -0.05) is 0 Å². The molecule has 1 heterocycles. The number of hydrogen-bond donors (Lipinski definition) is 0. The van der Waals surface area contributed by atoms with Gasteiger partial charge in [0.1, 0.15) is 11.6 Å². The fourth-order valence-electron chi connectivity index (χ4n) is 2.28. The Balaban J connectivity index is 2.39. The van der Waals surface area contributed by atoms with Crippen molar-refractivity contribution in [3.05, 3.63) is 29.8 Å². The quantitative estimate of drug-likeness (QED) is 0.784. The largest absolute Gasteiger partial charge is 0.324 e. The molecule has 104 valence electrons. The molecule has 0 spiro atoms. The molecule has 0 saturated carbocycles. The van der Waals surface area contributed by atoms with Crippen molar-refractivity contribution >= 4 is 22.6 Å². The minimum Gasteiger partial charge on any atom is -0.324 e. The third-order valence-electron chi connectivity index (χ3n) is 3.28. The first kappa shape index (κ1) is 14.3. The summed E-state index contributed by atoms with van der Waals surface area (Å²) in [6.45, 7) is 3.13. The van der Waals surface area contributed by atoms with E-state index in [1.807, 2.05) is 0 Å². The monoisotopic (exact) mass is 283 g/mol. The molecule has 0 aliphatic carbocycles. The molecule has 0 fully saturated rings. The Kier molecular flexibility index (Phi) is 4.42. The van der Waals surface area contributed by atoms with Gasteiger partial charge in [-0.15, -0.1) is 11.6 Å². The van der Waals surface area contributed by atoms with E-state index in [9.17, 15) is 4.39 Å². The molecule has 19 heavy (non-hydrogen) atoms. The zero-order valence-electron chi connectivity index (χ0n) is 11.5. The Morgan fingerprint density at radius 3 is 2.79 bits per heavy atom. The van der Waals surface area contributed by atoms with E-state index in [0.717, 1.165) is 24.3 Å². The van der Waals surface area contributed by atoms with Crippen LogP contribution in [0.2, 0.25) is 0 Å². The molecule has 3 nitrogen and oxygen atoms in total. The second kappa shape index (κ2) is 5.88. The van der Waals surface area contributed by atoms with Crippen molar-refractivity contribution in [2.24, 2.45) is 0 Å². The molecule has 1 aromatic heterocycles. The molecule has 0 radical (unpaired) electrons. The lowest BCUT2D eigenvalue weighted by Gasteiger charge is -2.19.